The molecule has 0 N–H and O–H groups in total. The van der Waals surface area contributed by atoms with Crippen LogP contribution in [0.2, 0.25) is 0 Å². The van der Waals surface area contributed by atoms with Crippen LogP contribution < -0.4 is 0 Å². The Balaban J connectivity index is 1.94. The maximum absolute atomic E-state index is 3.88. The highest BCUT2D eigenvalue weighted by Crippen LogP contribution is 2.39. The van der Waals surface area contributed by atoms with E-state index < -0.39 is 0 Å². The lowest BCUT2D eigenvalue weighted by Crippen LogP contribution is -1.95. The van der Waals surface area contributed by atoms with Gasteiger partial charge in [0.05, 0.1) is 4.83 Å². The van der Waals surface area contributed by atoms with Crippen molar-refractivity contribution in [3.8, 4) is 0 Å². The molecule has 3 aromatic carbocycles. The van der Waals surface area contributed by atoms with E-state index >= 15 is 0 Å². The van der Waals surface area contributed by atoms with E-state index in [0.717, 1.165) is 0 Å². The van der Waals surface area contributed by atoms with Crippen molar-refractivity contribution in [2.24, 2.45) is 0 Å². The van der Waals surface area contributed by atoms with E-state index in [1.165, 1.54) is 45.9 Å². The predicted molar refractivity (Wildman–Crippen MR) is 88.6 cm³/mol. The minimum atomic E-state index is 0.258. The summed E-state index contributed by atoms with van der Waals surface area (Å²) in [5.41, 5.74) is 5.70. The quantitative estimate of drug-likeness (QED) is 0.552. The molecule has 1 unspecified atom stereocenters. The minimum absolute atomic E-state index is 0.258. The molecule has 1 aliphatic rings. The zero-order chi connectivity index (χ0) is 13.5. The van der Waals surface area contributed by atoms with Crippen molar-refractivity contribution in [1.29, 1.82) is 0 Å². The molecule has 0 aliphatic heterocycles. The van der Waals surface area contributed by atoms with E-state index in [4.69, 9.17) is 0 Å². The number of aryl methyl sites for hydroxylation is 2. The fourth-order valence-electron chi connectivity index (χ4n) is 3.29. The lowest BCUT2D eigenvalue weighted by Gasteiger charge is -2.15. The van der Waals surface area contributed by atoms with Crippen LogP contribution in [-0.4, -0.2) is 0 Å². The van der Waals surface area contributed by atoms with Gasteiger partial charge in [-0.2, -0.15) is 0 Å². The zero-order valence-electron chi connectivity index (χ0n) is 11.1. The topological polar surface area (TPSA) is 0 Å². The van der Waals surface area contributed by atoms with Crippen molar-refractivity contribution >= 4 is 26.7 Å². The Kier molecular flexibility index (Phi) is 2.89. The van der Waals surface area contributed by atoms with Crippen LogP contribution in [0.1, 0.15) is 27.1 Å². The number of rotatable bonds is 2. The minimum Gasteiger partial charge on any atom is -0.0786 e. The maximum Gasteiger partial charge on any atom is 0.0650 e. The molecule has 0 aromatic heterocycles. The molecule has 0 saturated heterocycles. The first-order valence-corrected chi connectivity index (χ1v) is 7.98. The van der Waals surface area contributed by atoms with Crippen molar-refractivity contribution < 1.29 is 0 Å². The second kappa shape index (κ2) is 4.75. The van der Waals surface area contributed by atoms with Gasteiger partial charge in [-0.25, -0.2) is 0 Å². The molecule has 0 bridgehead atoms. The SMILES string of the molecule is BrC(c1ccccc1)c1ccc2c3c(cccc13)CC2. The summed E-state index contributed by atoms with van der Waals surface area (Å²) in [5, 5.41) is 2.90. The van der Waals surface area contributed by atoms with Crippen LogP contribution in [0.15, 0.2) is 60.7 Å². The largest absolute Gasteiger partial charge is 0.0786 e. The number of hydrogen-bond donors (Lipinski definition) is 0. The van der Waals surface area contributed by atoms with Gasteiger partial charge in [-0.3, -0.25) is 0 Å². The average Bonchev–Trinajstić information content (AvgIpc) is 2.93. The van der Waals surface area contributed by atoms with Crippen LogP contribution >= 0.6 is 15.9 Å². The van der Waals surface area contributed by atoms with Crippen LogP contribution in [0.3, 0.4) is 0 Å². The van der Waals surface area contributed by atoms with Gasteiger partial charge in [0.1, 0.15) is 0 Å². The third-order valence-corrected chi connectivity index (χ3v) is 5.30. The highest BCUT2D eigenvalue weighted by molar-refractivity contribution is 9.09. The summed E-state index contributed by atoms with van der Waals surface area (Å²) >= 11 is 3.88. The molecular weight excluding hydrogens is 308 g/mol. The molecule has 98 valence electrons. The first-order chi connectivity index (χ1) is 9.84. The van der Waals surface area contributed by atoms with E-state index in [2.05, 4.69) is 76.6 Å². The van der Waals surface area contributed by atoms with Crippen LogP contribution in [0.25, 0.3) is 10.8 Å². The summed E-state index contributed by atoms with van der Waals surface area (Å²) in [5.74, 6) is 0. The van der Waals surface area contributed by atoms with Crippen molar-refractivity contribution in [1.82, 2.24) is 0 Å². The second-order valence-electron chi connectivity index (χ2n) is 5.43. The van der Waals surface area contributed by atoms with Gasteiger partial charge in [0.2, 0.25) is 0 Å². The summed E-state index contributed by atoms with van der Waals surface area (Å²) in [6.07, 6.45) is 2.38. The number of alkyl halides is 1. The third-order valence-electron chi connectivity index (χ3n) is 4.28. The molecule has 0 fully saturated rings. The second-order valence-corrected chi connectivity index (χ2v) is 6.34. The Morgan fingerprint density at radius 3 is 2.30 bits per heavy atom. The van der Waals surface area contributed by atoms with Crippen molar-refractivity contribution in [2.45, 2.75) is 17.7 Å². The first kappa shape index (κ1) is 12.2. The highest BCUT2D eigenvalue weighted by atomic mass is 79.9. The predicted octanol–water partition coefficient (Wildman–Crippen LogP) is 5.42. The van der Waals surface area contributed by atoms with E-state index in [-0.39, 0.29) is 4.83 Å². The Morgan fingerprint density at radius 1 is 0.750 bits per heavy atom. The Bertz CT molecular complexity index is 764. The van der Waals surface area contributed by atoms with Crippen LogP contribution in [0, 0.1) is 0 Å². The Labute approximate surface area is 127 Å². The number of hydrogen-bond acceptors (Lipinski definition) is 0. The molecule has 0 heterocycles. The van der Waals surface area contributed by atoms with Gasteiger partial charge in [-0.1, -0.05) is 76.6 Å². The molecule has 0 radical (unpaired) electrons. The summed E-state index contributed by atoms with van der Waals surface area (Å²) in [7, 11) is 0. The molecule has 0 spiro atoms. The average molecular weight is 323 g/mol. The molecule has 3 aromatic rings. The molecule has 1 heteroatoms. The van der Waals surface area contributed by atoms with Crippen LogP contribution in [-0.2, 0) is 12.8 Å². The molecule has 1 aliphatic carbocycles. The standard InChI is InChI=1S/C19H15Br/c20-19(15-5-2-1-3-6-15)17-12-11-14-10-9-13-7-4-8-16(17)18(13)14/h1-8,11-12,19H,9-10H2. The van der Waals surface area contributed by atoms with E-state index in [1.54, 1.807) is 0 Å². The number of halogens is 1. The summed E-state index contributed by atoms with van der Waals surface area (Å²) < 4.78 is 0. The van der Waals surface area contributed by atoms with E-state index in [1.807, 2.05) is 0 Å². The molecule has 20 heavy (non-hydrogen) atoms. The fourth-order valence-corrected chi connectivity index (χ4v) is 4.00. The number of benzene rings is 3. The molecule has 0 nitrogen and oxygen atoms in total. The fraction of sp³-hybridized carbons (Fsp3) is 0.158. The van der Waals surface area contributed by atoms with E-state index in [9.17, 15) is 0 Å². The maximum atomic E-state index is 3.88. The van der Waals surface area contributed by atoms with Crippen molar-refractivity contribution in [3.05, 3.63) is 82.9 Å². The van der Waals surface area contributed by atoms with Crippen LogP contribution in [0.5, 0.6) is 0 Å². The molecule has 1 atom stereocenters. The van der Waals surface area contributed by atoms with Gasteiger partial charge in [0.25, 0.3) is 0 Å². The van der Waals surface area contributed by atoms with Crippen molar-refractivity contribution in [2.75, 3.05) is 0 Å². The van der Waals surface area contributed by atoms with Gasteiger partial charge in [-0.15, -0.1) is 0 Å². The van der Waals surface area contributed by atoms with Crippen LogP contribution in [0.4, 0.5) is 0 Å². The summed E-state index contributed by atoms with van der Waals surface area (Å²) in [6.45, 7) is 0. The van der Waals surface area contributed by atoms with Gasteiger partial charge in [0, 0.05) is 0 Å². The van der Waals surface area contributed by atoms with Gasteiger partial charge < -0.3 is 0 Å². The van der Waals surface area contributed by atoms with Gasteiger partial charge >= 0.3 is 0 Å². The monoisotopic (exact) mass is 322 g/mol. The highest BCUT2D eigenvalue weighted by Gasteiger charge is 2.19. The lowest BCUT2D eigenvalue weighted by molar-refractivity contribution is 1.02. The van der Waals surface area contributed by atoms with E-state index in [0.29, 0.717) is 0 Å². The zero-order valence-corrected chi connectivity index (χ0v) is 12.7. The smallest absolute Gasteiger partial charge is 0.0650 e. The summed E-state index contributed by atoms with van der Waals surface area (Å²) in [4.78, 5) is 0.258. The third kappa shape index (κ3) is 1.81. The van der Waals surface area contributed by atoms with Crippen molar-refractivity contribution in [3.63, 3.8) is 0 Å². The van der Waals surface area contributed by atoms with Gasteiger partial charge in [0.15, 0.2) is 0 Å². The normalized spacial score (nSPS) is 14.7. The first-order valence-electron chi connectivity index (χ1n) is 7.07. The van der Waals surface area contributed by atoms with Gasteiger partial charge in [-0.05, 0) is 45.9 Å². The molecular formula is C19H15Br. The Hall–Kier alpha value is -1.60. The Morgan fingerprint density at radius 2 is 1.50 bits per heavy atom. The molecule has 0 amide bonds. The molecule has 0 saturated carbocycles. The summed E-state index contributed by atoms with van der Waals surface area (Å²) in [6, 6.07) is 22.0. The lowest BCUT2D eigenvalue weighted by atomic mass is 9.95. The molecule has 4 rings (SSSR count).